The van der Waals surface area contributed by atoms with Crippen molar-refractivity contribution in [3.63, 3.8) is 0 Å². The summed E-state index contributed by atoms with van der Waals surface area (Å²) < 4.78 is 0. The van der Waals surface area contributed by atoms with Gasteiger partial charge < -0.3 is 21.1 Å². The number of carbonyl (C=O) groups is 1. The van der Waals surface area contributed by atoms with E-state index in [0.717, 1.165) is 34.5 Å². The van der Waals surface area contributed by atoms with Crippen LogP contribution >= 0.6 is 11.6 Å². The molecule has 2 aromatic rings. The number of nitrogens with two attached hydrogens (primary N) is 1. The van der Waals surface area contributed by atoms with E-state index < -0.39 is 5.97 Å². The summed E-state index contributed by atoms with van der Waals surface area (Å²) in [6, 6.07) is 1.80. The summed E-state index contributed by atoms with van der Waals surface area (Å²) in [5.74, 6) is -0.902. The van der Waals surface area contributed by atoms with Crippen molar-refractivity contribution in [3.05, 3.63) is 39.8 Å². The third-order valence-electron chi connectivity index (χ3n) is 5.03. The van der Waals surface area contributed by atoms with Crippen molar-refractivity contribution < 1.29 is 9.90 Å². The Morgan fingerprint density at radius 3 is 2.83 bits per heavy atom. The molecule has 5 N–H and O–H groups in total. The number of H-pyrrole nitrogens is 1. The third-order valence-corrected chi connectivity index (χ3v) is 5.24. The molecule has 0 atom stereocenters. The van der Waals surface area contributed by atoms with Crippen molar-refractivity contribution in [3.8, 4) is 11.3 Å². The van der Waals surface area contributed by atoms with Gasteiger partial charge in [0.25, 0.3) is 0 Å². The standard InChI is InChI=1S/C16H17ClN4O2/c17-11-3-10-8(4-20-11)1-2-9-12(15(22)23)14(21-13(9)10)16(5-18)6-19-7-16/h3-4,19,21H,1-2,5-7,18H2,(H,22,23). The van der Waals surface area contributed by atoms with Gasteiger partial charge in [0.05, 0.1) is 11.3 Å². The van der Waals surface area contributed by atoms with E-state index in [4.69, 9.17) is 17.3 Å². The van der Waals surface area contributed by atoms with Crippen LogP contribution in [0.5, 0.6) is 0 Å². The van der Waals surface area contributed by atoms with Gasteiger partial charge in [0, 0.05) is 42.5 Å². The van der Waals surface area contributed by atoms with E-state index in [0.29, 0.717) is 36.8 Å². The second-order valence-corrected chi connectivity index (χ2v) is 6.67. The maximum absolute atomic E-state index is 11.9. The Balaban J connectivity index is 1.96. The number of aromatic amines is 1. The minimum Gasteiger partial charge on any atom is -0.478 e. The zero-order valence-corrected chi connectivity index (χ0v) is 13.2. The number of aromatic carboxylic acids is 1. The van der Waals surface area contributed by atoms with Gasteiger partial charge in [-0.05, 0) is 30.0 Å². The fourth-order valence-corrected chi connectivity index (χ4v) is 3.81. The molecule has 3 heterocycles. The average Bonchev–Trinajstić information content (AvgIpc) is 2.87. The number of carboxylic acid groups (broad SMARTS) is 1. The molecule has 4 rings (SSSR count). The van der Waals surface area contributed by atoms with Gasteiger partial charge in [0.15, 0.2) is 0 Å². The molecule has 2 aliphatic rings. The topological polar surface area (TPSA) is 104 Å². The lowest BCUT2D eigenvalue weighted by molar-refractivity contribution is 0.0691. The Labute approximate surface area is 138 Å². The number of hydrogen-bond donors (Lipinski definition) is 4. The maximum atomic E-state index is 11.9. The number of halogens is 1. The van der Waals surface area contributed by atoms with E-state index in [1.807, 2.05) is 0 Å². The van der Waals surface area contributed by atoms with Gasteiger partial charge in [-0.1, -0.05) is 11.6 Å². The lowest BCUT2D eigenvalue weighted by Gasteiger charge is -2.41. The predicted octanol–water partition coefficient (Wildman–Crippen LogP) is 1.33. The highest BCUT2D eigenvalue weighted by molar-refractivity contribution is 6.29. The van der Waals surface area contributed by atoms with Crippen molar-refractivity contribution in [1.82, 2.24) is 15.3 Å². The lowest BCUT2D eigenvalue weighted by Crippen LogP contribution is -2.61. The number of nitrogens with one attached hydrogen (secondary N) is 2. The lowest BCUT2D eigenvalue weighted by atomic mass is 9.76. The van der Waals surface area contributed by atoms with Crippen molar-refractivity contribution in [1.29, 1.82) is 0 Å². The Bertz CT molecular complexity index is 805. The van der Waals surface area contributed by atoms with Gasteiger partial charge in [-0.25, -0.2) is 9.78 Å². The van der Waals surface area contributed by atoms with Crippen LogP contribution in [0.25, 0.3) is 11.3 Å². The molecule has 0 amide bonds. The maximum Gasteiger partial charge on any atom is 0.337 e. The zero-order valence-electron chi connectivity index (χ0n) is 12.4. The Morgan fingerprint density at radius 2 is 2.22 bits per heavy atom. The SMILES string of the molecule is NCC1(c2[nH]c3c(c2C(=O)O)CCc2cnc(Cl)cc2-3)CNC1. The molecular formula is C16H17ClN4O2. The molecule has 0 aromatic carbocycles. The first-order chi connectivity index (χ1) is 11.1. The van der Waals surface area contributed by atoms with Crippen LogP contribution in [-0.2, 0) is 18.3 Å². The summed E-state index contributed by atoms with van der Waals surface area (Å²) in [6.07, 6.45) is 3.21. The number of aryl methyl sites for hydroxylation is 1. The molecule has 1 saturated heterocycles. The average molecular weight is 333 g/mol. The second kappa shape index (κ2) is 5.06. The highest BCUT2D eigenvalue weighted by atomic mass is 35.5. The van der Waals surface area contributed by atoms with Crippen molar-refractivity contribution in [2.45, 2.75) is 18.3 Å². The summed E-state index contributed by atoms with van der Waals surface area (Å²) in [5.41, 5.74) is 10.5. The fraction of sp³-hybridized carbons (Fsp3) is 0.375. The number of aromatic nitrogens is 2. The number of pyridine rings is 1. The monoisotopic (exact) mass is 332 g/mol. The smallest absolute Gasteiger partial charge is 0.337 e. The molecule has 23 heavy (non-hydrogen) atoms. The van der Waals surface area contributed by atoms with Gasteiger partial charge in [0.2, 0.25) is 0 Å². The summed E-state index contributed by atoms with van der Waals surface area (Å²) in [5, 5.41) is 13.4. The quantitative estimate of drug-likeness (QED) is 0.635. The number of hydrogen-bond acceptors (Lipinski definition) is 4. The number of carboxylic acids is 1. The molecule has 120 valence electrons. The van der Waals surface area contributed by atoms with Crippen molar-refractivity contribution in [2.75, 3.05) is 19.6 Å². The highest BCUT2D eigenvalue weighted by Crippen LogP contribution is 2.41. The molecule has 0 unspecified atom stereocenters. The number of rotatable bonds is 3. The van der Waals surface area contributed by atoms with Gasteiger partial charge in [-0.2, -0.15) is 0 Å². The van der Waals surface area contributed by atoms with E-state index in [-0.39, 0.29) is 5.41 Å². The van der Waals surface area contributed by atoms with Gasteiger partial charge in [-0.15, -0.1) is 0 Å². The van der Waals surface area contributed by atoms with Gasteiger partial charge in [-0.3, -0.25) is 0 Å². The van der Waals surface area contributed by atoms with Crippen molar-refractivity contribution in [2.24, 2.45) is 5.73 Å². The first kappa shape index (κ1) is 14.7. The molecule has 0 radical (unpaired) electrons. The summed E-state index contributed by atoms with van der Waals surface area (Å²) in [7, 11) is 0. The van der Waals surface area contributed by atoms with Gasteiger partial charge in [0.1, 0.15) is 5.15 Å². The number of nitrogens with zero attached hydrogens (tertiary/aromatic N) is 1. The van der Waals surface area contributed by atoms with E-state index in [1.54, 1.807) is 12.3 Å². The first-order valence-electron chi connectivity index (χ1n) is 7.60. The zero-order chi connectivity index (χ0) is 16.2. The summed E-state index contributed by atoms with van der Waals surface area (Å²) in [6.45, 7) is 1.78. The van der Waals surface area contributed by atoms with Crippen LogP contribution in [0.2, 0.25) is 5.15 Å². The second-order valence-electron chi connectivity index (χ2n) is 6.29. The van der Waals surface area contributed by atoms with E-state index >= 15 is 0 Å². The fourth-order valence-electron chi connectivity index (χ4n) is 3.65. The molecule has 0 bridgehead atoms. The molecule has 7 heteroatoms. The molecule has 0 spiro atoms. The Morgan fingerprint density at radius 1 is 1.43 bits per heavy atom. The summed E-state index contributed by atoms with van der Waals surface area (Å²) >= 11 is 6.04. The van der Waals surface area contributed by atoms with Crippen LogP contribution in [0.1, 0.15) is 27.2 Å². The largest absolute Gasteiger partial charge is 0.478 e. The van der Waals surface area contributed by atoms with E-state index in [1.165, 1.54) is 0 Å². The van der Waals surface area contributed by atoms with Gasteiger partial charge >= 0.3 is 5.97 Å². The van der Waals surface area contributed by atoms with Crippen LogP contribution in [0.15, 0.2) is 12.3 Å². The van der Waals surface area contributed by atoms with E-state index in [2.05, 4.69) is 15.3 Å². The van der Waals surface area contributed by atoms with Crippen LogP contribution in [0.4, 0.5) is 0 Å². The van der Waals surface area contributed by atoms with Crippen LogP contribution in [0.3, 0.4) is 0 Å². The third kappa shape index (κ3) is 2.02. The molecule has 1 fully saturated rings. The Kier molecular flexibility index (Phi) is 3.23. The van der Waals surface area contributed by atoms with Crippen molar-refractivity contribution >= 4 is 17.6 Å². The van der Waals surface area contributed by atoms with Crippen LogP contribution in [0, 0.1) is 0 Å². The predicted molar refractivity (Wildman–Crippen MR) is 87.0 cm³/mol. The molecular weight excluding hydrogens is 316 g/mol. The summed E-state index contributed by atoms with van der Waals surface area (Å²) in [4.78, 5) is 19.4. The van der Waals surface area contributed by atoms with Crippen LogP contribution in [-0.4, -0.2) is 40.7 Å². The number of fused-ring (bicyclic) bond motifs is 3. The minimum absolute atomic E-state index is 0.331. The van der Waals surface area contributed by atoms with Crippen LogP contribution < -0.4 is 11.1 Å². The Hall–Kier alpha value is -1.89. The molecule has 0 saturated carbocycles. The van der Waals surface area contributed by atoms with E-state index in [9.17, 15) is 9.90 Å². The normalized spacial score (nSPS) is 18.0. The first-order valence-corrected chi connectivity index (χ1v) is 7.98. The molecule has 1 aliphatic heterocycles. The molecule has 6 nitrogen and oxygen atoms in total. The molecule has 2 aromatic heterocycles. The molecule has 1 aliphatic carbocycles. The highest BCUT2D eigenvalue weighted by Gasteiger charge is 2.43. The minimum atomic E-state index is -0.902.